The second-order valence-electron chi connectivity index (χ2n) is 9.62. The molecule has 0 radical (unpaired) electrons. The highest BCUT2D eigenvalue weighted by Crippen LogP contribution is 2.29. The molecule has 1 fully saturated rings. The summed E-state index contributed by atoms with van der Waals surface area (Å²) in [6.07, 6.45) is 3.62. The van der Waals surface area contributed by atoms with E-state index in [-0.39, 0.29) is 11.9 Å². The second kappa shape index (κ2) is 9.85. The number of likely N-dealkylation sites (tertiary alicyclic amines) is 1. The Bertz CT molecular complexity index is 1560. The molecule has 6 rings (SSSR count). The molecule has 0 aliphatic carbocycles. The number of aromatic nitrogens is 4. The number of anilines is 2. The number of nitrogens with two attached hydrogens (primary N) is 1. The highest BCUT2D eigenvalue weighted by Gasteiger charge is 2.25. The van der Waals surface area contributed by atoms with Gasteiger partial charge in [0.2, 0.25) is 0 Å². The van der Waals surface area contributed by atoms with E-state index in [1.165, 1.54) is 12.1 Å². The first-order valence-electron chi connectivity index (χ1n) is 12.4. The lowest BCUT2D eigenvalue weighted by Gasteiger charge is -2.34. The summed E-state index contributed by atoms with van der Waals surface area (Å²) in [6.45, 7) is 2.55. The van der Waals surface area contributed by atoms with Gasteiger partial charge < -0.3 is 16.2 Å². The number of β-amino-alcohol motifs (C(OH)–C–C–N with tert-alkyl or cyclic N) is 1. The van der Waals surface area contributed by atoms with Crippen LogP contribution in [0.4, 0.5) is 15.9 Å². The van der Waals surface area contributed by atoms with E-state index in [4.69, 9.17) is 5.73 Å². The number of nitrogens with one attached hydrogen (secondary N) is 1. The second-order valence-corrected chi connectivity index (χ2v) is 9.62. The molecule has 0 bridgehead atoms. The number of hydrogen-bond acceptors (Lipinski definition) is 7. The van der Waals surface area contributed by atoms with E-state index < -0.39 is 6.10 Å². The van der Waals surface area contributed by atoms with Crippen molar-refractivity contribution in [3.8, 4) is 0 Å². The molecule has 188 valence electrons. The zero-order valence-corrected chi connectivity index (χ0v) is 20.3. The third kappa shape index (κ3) is 4.89. The molecule has 1 saturated heterocycles. The van der Waals surface area contributed by atoms with Gasteiger partial charge in [-0.25, -0.2) is 14.4 Å². The summed E-state index contributed by atoms with van der Waals surface area (Å²) >= 11 is 0. The number of aliphatic hydroxyl groups excluding tert-OH is 1. The number of nitrogens with zero attached hydrogens (tertiary/aromatic N) is 5. The first-order valence-corrected chi connectivity index (χ1v) is 12.4. The minimum absolute atomic E-state index is 0.169. The van der Waals surface area contributed by atoms with E-state index in [1.807, 2.05) is 47.3 Å². The van der Waals surface area contributed by atoms with E-state index in [9.17, 15) is 9.50 Å². The van der Waals surface area contributed by atoms with Gasteiger partial charge in [0.15, 0.2) is 0 Å². The normalized spacial score (nSPS) is 18.5. The summed E-state index contributed by atoms with van der Waals surface area (Å²) in [7, 11) is 0. The van der Waals surface area contributed by atoms with Crippen LogP contribution >= 0.6 is 0 Å². The Morgan fingerprint density at radius 1 is 1.05 bits per heavy atom. The van der Waals surface area contributed by atoms with Gasteiger partial charge in [0.1, 0.15) is 18.0 Å². The molecule has 3 heterocycles. The van der Waals surface area contributed by atoms with Gasteiger partial charge in [0.05, 0.1) is 29.9 Å². The molecule has 8 nitrogen and oxygen atoms in total. The van der Waals surface area contributed by atoms with Crippen LogP contribution in [0.25, 0.3) is 21.8 Å². The number of halogens is 1. The molecule has 3 aromatic carbocycles. The van der Waals surface area contributed by atoms with Crippen molar-refractivity contribution in [3.05, 3.63) is 90.1 Å². The number of rotatable bonds is 6. The first kappa shape index (κ1) is 23.5. The molecule has 0 saturated carbocycles. The molecule has 5 aromatic rings. The summed E-state index contributed by atoms with van der Waals surface area (Å²) in [5, 5.41) is 20.2. The highest BCUT2D eigenvalue weighted by atomic mass is 19.1. The lowest BCUT2D eigenvalue weighted by atomic mass is 10.0. The predicted octanol–water partition coefficient (Wildman–Crippen LogP) is 3.80. The van der Waals surface area contributed by atoms with Crippen LogP contribution in [0, 0.1) is 5.82 Å². The quantitative estimate of drug-likeness (QED) is 0.328. The van der Waals surface area contributed by atoms with Crippen molar-refractivity contribution in [1.82, 2.24) is 24.6 Å². The number of aliphatic hydroxyl groups is 1. The van der Waals surface area contributed by atoms with Crippen molar-refractivity contribution in [2.75, 3.05) is 18.4 Å². The Balaban J connectivity index is 1.27. The molecule has 37 heavy (non-hydrogen) atoms. The van der Waals surface area contributed by atoms with Gasteiger partial charge in [-0.05, 0) is 53.9 Å². The SMILES string of the molecule is N[C@@H]1CCN(Cc2cccc3ncnc(Nc4ccc5c(cnn5Cc5cccc(F)c5)c4)c23)C[C@H]1O. The van der Waals surface area contributed by atoms with Gasteiger partial charge >= 0.3 is 0 Å². The molecule has 0 spiro atoms. The Kier molecular flexibility index (Phi) is 6.25. The summed E-state index contributed by atoms with van der Waals surface area (Å²) < 4.78 is 15.5. The van der Waals surface area contributed by atoms with Gasteiger partial charge in [-0.1, -0.05) is 24.3 Å². The molecule has 1 aliphatic heterocycles. The van der Waals surface area contributed by atoms with E-state index in [1.54, 1.807) is 12.4 Å². The Hall–Kier alpha value is -3.92. The topological polar surface area (TPSA) is 105 Å². The molecule has 4 N–H and O–H groups in total. The smallest absolute Gasteiger partial charge is 0.142 e. The maximum Gasteiger partial charge on any atom is 0.142 e. The molecule has 2 atom stereocenters. The minimum Gasteiger partial charge on any atom is -0.390 e. The van der Waals surface area contributed by atoms with E-state index >= 15 is 0 Å². The van der Waals surface area contributed by atoms with Crippen LogP contribution in [0.15, 0.2) is 73.2 Å². The van der Waals surface area contributed by atoms with Gasteiger partial charge in [0.25, 0.3) is 0 Å². The fourth-order valence-electron chi connectivity index (χ4n) is 5.04. The average Bonchev–Trinajstić information content (AvgIpc) is 3.28. The van der Waals surface area contributed by atoms with Crippen molar-refractivity contribution in [1.29, 1.82) is 0 Å². The van der Waals surface area contributed by atoms with Gasteiger partial charge in [0, 0.05) is 42.1 Å². The third-order valence-electron chi connectivity index (χ3n) is 6.99. The largest absolute Gasteiger partial charge is 0.390 e. The van der Waals surface area contributed by atoms with Crippen molar-refractivity contribution in [2.24, 2.45) is 5.73 Å². The van der Waals surface area contributed by atoms with E-state index in [0.29, 0.717) is 19.6 Å². The predicted molar refractivity (Wildman–Crippen MR) is 142 cm³/mol. The standard InChI is InChI=1S/C28H28FN7O/c29-21-5-1-3-18(11-21)14-36-25-8-7-22(12-20(25)13-33-36)34-28-27-19(4-2-6-24(27)31-17-32-28)15-35-10-9-23(30)26(37)16-35/h1-8,11-13,17,23,26,37H,9-10,14-16,30H2,(H,31,32,34)/t23-,26-/m1/s1. The van der Waals surface area contributed by atoms with Crippen molar-refractivity contribution in [3.63, 3.8) is 0 Å². The summed E-state index contributed by atoms with van der Waals surface area (Å²) in [5.41, 5.74) is 10.6. The maximum absolute atomic E-state index is 13.6. The molecular formula is C28H28FN7O. The van der Waals surface area contributed by atoms with E-state index in [2.05, 4.69) is 31.3 Å². The zero-order chi connectivity index (χ0) is 25.4. The van der Waals surface area contributed by atoms with Crippen LogP contribution < -0.4 is 11.1 Å². The van der Waals surface area contributed by atoms with Crippen LogP contribution in [-0.2, 0) is 13.1 Å². The fraction of sp³-hybridized carbons (Fsp3) is 0.250. The summed E-state index contributed by atoms with van der Waals surface area (Å²) in [5.74, 6) is 0.471. The number of piperidine rings is 1. The van der Waals surface area contributed by atoms with Crippen LogP contribution in [0.3, 0.4) is 0 Å². The molecule has 2 aromatic heterocycles. The zero-order valence-electron chi connectivity index (χ0n) is 20.3. The molecule has 0 amide bonds. The van der Waals surface area contributed by atoms with Crippen molar-refractivity contribution >= 4 is 33.3 Å². The van der Waals surface area contributed by atoms with Crippen LogP contribution in [-0.4, -0.2) is 55.0 Å². The minimum atomic E-state index is -0.522. The number of benzene rings is 3. The Morgan fingerprint density at radius 3 is 2.81 bits per heavy atom. The van der Waals surface area contributed by atoms with Crippen molar-refractivity contribution < 1.29 is 9.50 Å². The molecule has 9 heteroatoms. The lowest BCUT2D eigenvalue weighted by molar-refractivity contribution is 0.0501. The maximum atomic E-state index is 13.6. The monoisotopic (exact) mass is 497 g/mol. The fourth-order valence-corrected chi connectivity index (χ4v) is 5.04. The Morgan fingerprint density at radius 2 is 1.95 bits per heavy atom. The number of fused-ring (bicyclic) bond motifs is 2. The van der Waals surface area contributed by atoms with E-state index in [0.717, 1.165) is 57.4 Å². The summed E-state index contributed by atoms with van der Waals surface area (Å²) in [4.78, 5) is 11.3. The van der Waals surface area contributed by atoms with Crippen LogP contribution in [0.2, 0.25) is 0 Å². The van der Waals surface area contributed by atoms with Crippen LogP contribution in [0.1, 0.15) is 17.5 Å². The highest BCUT2D eigenvalue weighted by molar-refractivity contribution is 5.94. The van der Waals surface area contributed by atoms with Gasteiger partial charge in [-0.15, -0.1) is 0 Å². The molecule has 0 unspecified atom stereocenters. The van der Waals surface area contributed by atoms with Crippen molar-refractivity contribution in [2.45, 2.75) is 31.7 Å². The Labute approximate surface area is 213 Å². The summed E-state index contributed by atoms with van der Waals surface area (Å²) in [6, 6.07) is 18.5. The molecule has 1 aliphatic rings. The van der Waals surface area contributed by atoms with Gasteiger partial charge in [-0.2, -0.15) is 5.10 Å². The average molecular weight is 498 g/mol. The third-order valence-corrected chi connectivity index (χ3v) is 6.99. The first-order chi connectivity index (χ1) is 18.0. The van der Waals surface area contributed by atoms with Crippen LogP contribution in [0.5, 0.6) is 0 Å². The lowest BCUT2D eigenvalue weighted by Crippen LogP contribution is -2.50. The molecular weight excluding hydrogens is 469 g/mol. The van der Waals surface area contributed by atoms with Gasteiger partial charge in [-0.3, -0.25) is 9.58 Å². The number of hydrogen-bond donors (Lipinski definition) is 3.